The number of aromatic nitrogens is 4. The van der Waals surface area contributed by atoms with Crippen LogP contribution in [0.3, 0.4) is 0 Å². The Labute approximate surface area is 280 Å². The quantitative estimate of drug-likeness (QED) is 0.179. The lowest BCUT2D eigenvalue weighted by Crippen LogP contribution is -1.94. The van der Waals surface area contributed by atoms with Gasteiger partial charge in [0.05, 0.1) is 28.5 Å². The predicted molar refractivity (Wildman–Crippen MR) is 196 cm³/mol. The molecule has 0 spiro atoms. The average Bonchev–Trinajstić information content (AvgIpc) is 3.19. The number of hydrogen-bond acceptors (Lipinski definition) is 4. The van der Waals surface area contributed by atoms with Crippen LogP contribution in [0.4, 0.5) is 0 Å². The summed E-state index contributed by atoms with van der Waals surface area (Å²) in [5.74, 6) is 0. The van der Waals surface area contributed by atoms with E-state index in [1.807, 2.05) is 61.1 Å². The van der Waals surface area contributed by atoms with Gasteiger partial charge in [-0.25, -0.2) is 4.98 Å². The number of benzene rings is 4. The van der Waals surface area contributed by atoms with E-state index in [1.54, 1.807) is 0 Å². The van der Waals surface area contributed by atoms with Crippen molar-refractivity contribution < 1.29 is 0 Å². The maximum Gasteiger partial charge on any atom is 0.0715 e. The van der Waals surface area contributed by atoms with E-state index in [-0.39, 0.29) is 0 Å². The summed E-state index contributed by atoms with van der Waals surface area (Å²) in [6, 6.07) is 56.4. The van der Waals surface area contributed by atoms with Gasteiger partial charge in [-0.05, 0) is 89.0 Å². The highest BCUT2D eigenvalue weighted by molar-refractivity contribution is 5.84. The van der Waals surface area contributed by atoms with Crippen LogP contribution in [0.1, 0.15) is 0 Å². The van der Waals surface area contributed by atoms with Crippen molar-refractivity contribution in [3.05, 3.63) is 182 Å². The maximum atomic E-state index is 5.12. The van der Waals surface area contributed by atoms with E-state index in [9.17, 15) is 0 Å². The molecule has 4 heteroatoms. The van der Waals surface area contributed by atoms with Crippen molar-refractivity contribution in [2.75, 3.05) is 0 Å². The fraction of sp³-hybridized carbons (Fsp3) is 0. The lowest BCUT2D eigenvalue weighted by molar-refractivity contribution is 1.28. The monoisotopic (exact) mass is 614 g/mol. The Bertz CT molecular complexity index is 2160. The van der Waals surface area contributed by atoms with Crippen molar-refractivity contribution >= 4 is 0 Å². The fourth-order valence-corrected chi connectivity index (χ4v) is 5.98. The van der Waals surface area contributed by atoms with Crippen LogP contribution in [0.25, 0.3) is 78.5 Å². The van der Waals surface area contributed by atoms with Crippen LogP contribution in [0.2, 0.25) is 0 Å². The summed E-state index contributed by atoms with van der Waals surface area (Å²) in [4.78, 5) is 19.4. The number of nitrogens with zero attached hydrogens (tertiary/aromatic N) is 4. The normalized spacial score (nSPS) is 10.9. The lowest BCUT2D eigenvalue weighted by atomic mass is 9.94. The first-order valence-electron chi connectivity index (χ1n) is 15.9. The molecule has 8 rings (SSSR count). The van der Waals surface area contributed by atoms with Gasteiger partial charge in [-0.3, -0.25) is 15.0 Å². The Morgan fingerprint density at radius 1 is 0.229 bits per heavy atom. The highest BCUT2D eigenvalue weighted by atomic mass is 14.7. The van der Waals surface area contributed by atoms with Crippen molar-refractivity contribution in [1.82, 2.24) is 19.9 Å². The minimum absolute atomic E-state index is 0.862. The first-order valence-corrected chi connectivity index (χ1v) is 15.9. The first kappa shape index (κ1) is 28.9. The first-order chi connectivity index (χ1) is 23.8. The minimum atomic E-state index is 0.862. The van der Waals surface area contributed by atoms with E-state index in [0.29, 0.717) is 0 Å². The lowest BCUT2D eigenvalue weighted by Gasteiger charge is -2.14. The van der Waals surface area contributed by atoms with E-state index in [0.717, 1.165) is 78.5 Å². The molecule has 0 aliphatic carbocycles. The summed E-state index contributed by atoms with van der Waals surface area (Å²) in [6.45, 7) is 0. The molecule has 4 aromatic carbocycles. The highest BCUT2D eigenvalue weighted by Crippen LogP contribution is 2.36. The van der Waals surface area contributed by atoms with Crippen LogP contribution in [0, 0.1) is 0 Å². The molecule has 4 aromatic heterocycles. The molecule has 4 heterocycles. The second-order valence-corrected chi connectivity index (χ2v) is 11.6. The second-order valence-electron chi connectivity index (χ2n) is 11.6. The summed E-state index contributed by atoms with van der Waals surface area (Å²) in [5, 5.41) is 0. The summed E-state index contributed by atoms with van der Waals surface area (Å²) >= 11 is 0. The van der Waals surface area contributed by atoms with Gasteiger partial charge in [-0.2, -0.15) is 0 Å². The molecule has 0 fully saturated rings. The molecular formula is C44H30N4. The summed E-state index contributed by atoms with van der Waals surface area (Å²) in [7, 11) is 0. The Morgan fingerprint density at radius 3 is 1.23 bits per heavy atom. The van der Waals surface area contributed by atoms with Crippen molar-refractivity contribution in [3.8, 4) is 78.5 Å². The van der Waals surface area contributed by atoms with Crippen LogP contribution in [0.5, 0.6) is 0 Å². The fourth-order valence-electron chi connectivity index (χ4n) is 5.98. The van der Waals surface area contributed by atoms with Crippen molar-refractivity contribution in [2.24, 2.45) is 0 Å². The van der Waals surface area contributed by atoms with Crippen molar-refractivity contribution in [3.63, 3.8) is 0 Å². The molecule has 48 heavy (non-hydrogen) atoms. The summed E-state index contributed by atoms with van der Waals surface area (Å²) in [5.41, 5.74) is 14.0. The topological polar surface area (TPSA) is 51.6 Å². The third-order valence-electron chi connectivity index (χ3n) is 8.41. The molecular weight excluding hydrogens is 585 g/mol. The molecule has 0 atom stereocenters. The predicted octanol–water partition coefficient (Wildman–Crippen LogP) is 10.9. The Hall–Kier alpha value is -6.52. The Balaban J connectivity index is 1.33. The van der Waals surface area contributed by atoms with E-state index in [2.05, 4.69) is 126 Å². The zero-order valence-electron chi connectivity index (χ0n) is 26.1. The number of rotatable bonds is 7. The van der Waals surface area contributed by atoms with Gasteiger partial charge in [0.1, 0.15) is 0 Å². The van der Waals surface area contributed by atoms with E-state index < -0.39 is 0 Å². The molecule has 226 valence electrons. The maximum absolute atomic E-state index is 5.12. The second kappa shape index (κ2) is 13.1. The Kier molecular flexibility index (Phi) is 7.87. The van der Waals surface area contributed by atoms with Gasteiger partial charge in [0, 0.05) is 46.4 Å². The molecule has 0 saturated heterocycles. The molecule has 0 amide bonds. The zero-order chi connectivity index (χ0) is 32.1. The molecule has 0 radical (unpaired) electrons. The number of pyridine rings is 4. The van der Waals surface area contributed by atoms with Gasteiger partial charge >= 0.3 is 0 Å². The molecule has 0 aliphatic rings. The summed E-state index contributed by atoms with van der Waals surface area (Å²) < 4.78 is 0. The van der Waals surface area contributed by atoms with Gasteiger partial charge in [0.2, 0.25) is 0 Å². The zero-order valence-corrected chi connectivity index (χ0v) is 26.1. The van der Waals surface area contributed by atoms with E-state index >= 15 is 0 Å². The van der Waals surface area contributed by atoms with Gasteiger partial charge in [0.15, 0.2) is 0 Å². The van der Waals surface area contributed by atoms with Crippen LogP contribution in [-0.4, -0.2) is 19.9 Å². The number of hydrogen-bond donors (Lipinski definition) is 0. The molecule has 0 unspecified atom stereocenters. The van der Waals surface area contributed by atoms with Gasteiger partial charge in [-0.15, -0.1) is 0 Å². The van der Waals surface area contributed by atoms with Crippen LogP contribution >= 0.6 is 0 Å². The van der Waals surface area contributed by atoms with Gasteiger partial charge in [0.25, 0.3) is 0 Å². The minimum Gasteiger partial charge on any atom is -0.256 e. The van der Waals surface area contributed by atoms with Crippen molar-refractivity contribution in [1.29, 1.82) is 0 Å². The molecule has 0 saturated carbocycles. The largest absolute Gasteiger partial charge is 0.256 e. The third-order valence-corrected chi connectivity index (χ3v) is 8.41. The molecule has 0 aliphatic heterocycles. The molecule has 4 nitrogen and oxygen atoms in total. The third kappa shape index (κ3) is 6.15. The van der Waals surface area contributed by atoms with Crippen LogP contribution in [-0.2, 0) is 0 Å². The average molecular weight is 615 g/mol. The van der Waals surface area contributed by atoms with E-state index in [4.69, 9.17) is 15.0 Å². The summed E-state index contributed by atoms with van der Waals surface area (Å²) in [6.07, 6.45) is 5.56. The molecule has 0 bridgehead atoms. The standard InChI is InChI=1S/C44H30N4/c1-4-12-31(13-5-1)34-19-22-46-41(27-34)38-24-36(25-39(26-38)42-28-35(20-23-47-42)40-18-10-11-21-45-40)37-29-43(32-14-6-2-7-15-32)48-44(30-37)33-16-8-3-9-17-33/h1-30H. The van der Waals surface area contributed by atoms with Crippen LogP contribution in [0.15, 0.2) is 182 Å². The van der Waals surface area contributed by atoms with Gasteiger partial charge in [-0.1, -0.05) is 97.1 Å². The Morgan fingerprint density at radius 2 is 0.667 bits per heavy atom. The van der Waals surface area contributed by atoms with Crippen molar-refractivity contribution in [2.45, 2.75) is 0 Å². The molecule has 0 N–H and O–H groups in total. The molecule has 8 aromatic rings. The highest BCUT2D eigenvalue weighted by Gasteiger charge is 2.14. The smallest absolute Gasteiger partial charge is 0.0715 e. The van der Waals surface area contributed by atoms with Crippen LogP contribution < -0.4 is 0 Å². The van der Waals surface area contributed by atoms with E-state index in [1.165, 1.54) is 0 Å². The van der Waals surface area contributed by atoms with Gasteiger partial charge < -0.3 is 0 Å². The SMILES string of the molecule is c1ccc(-c2ccnc(-c3cc(-c4cc(-c5ccccc5)nc(-c5ccccc5)c4)cc(-c4cc(-c5ccccn5)ccn4)c3)c2)cc1.